The molecule has 25 heavy (non-hydrogen) atoms. The van der Waals surface area contributed by atoms with Crippen LogP contribution in [0.3, 0.4) is 0 Å². The second-order valence-corrected chi connectivity index (χ2v) is 4.99. The predicted molar refractivity (Wildman–Crippen MR) is 93.6 cm³/mol. The average molecular weight is 362 g/mol. The molecule has 0 heterocycles. The van der Waals surface area contributed by atoms with E-state index in [-0.39, 0.29) is 12.5 Å². The van der Waals surface area contributed by atoms with Crippen molar-refractivity contribution in [1.82, 2.24) is 5.48 Å². The van der Waals surface area contributed by atoms with Gasteiger partial charge in [0.05, 0.1) is 6.20 Å². The van der Waals surface area contributed by atoms with E-state index in [4.69, 9.17) is 31.7 Å². The van der Waals surface area contributed by atoms with Gasteiger partial charge >= 0.3 is 0 Å². The quantitative estimate of drug-likeness (QED) is 0.235. The second kappa shape index (κ2) is 9.96. The SMILES string of the molecule is NC(=O)/C(=N\O/C=C/NOCOc1ccc(Cl)cc1)c1ccccc1. The number of primary amides is 1. The van der Waals surface area contributed by atoms with Crippen LogP contribution in [0.1, 0.15) is 5.56 Å². The van der Waals surface area contributed by atoms with Crippen molar-refractivity contribution in [2.75, 3.05) is 6.79 Å². The Bertz CT molecular complexity index is 733. The molecule has 0 saturated heterocycles. The molecular weight excluding hydrogens is 346 g/mol. The van der Waals surface area contributed by atoms with E-state index in [0.717, 1.165) is 0 Å². The number of carbonyl (C=O) groups excluding carboxylic acids is 1. The third-order valence-corrected chi connectivity index (χ3v) is 3.06. The Labute approximate surface area is 149 Å². The lowest BCUT2D eigenvalue weighted by molar-refractivity contribution is -0.112. The van der Waals surface area contributed by atoms with Crippen LogP contribution < -0.4 is 16.0 Å². The summed E-state index contributed by atoms with van der Waals surface area (Å²) in [5.74, 6) is -0.0786. The Kier molecular flexibility index (Phi) is 7.30. The van der Waals surface area contributed by atoms with Gasteiger partial charge in [-0.05, 0) is 24.3 Å². The van der Waals surface area contributed by atoms with Crippen molar-refractivity contribution in [3.63, 3.8) is 0 Å². The van der Waals surface area contributed by atoms with E-state index in [1.54, 1.807) is 48.5 Å². The first-order chi connectivity index (χ1) is 12.2. The van der Waals surface area contributed by atoms with E-state index in [2.05, 4.69) is 10.6 Å². The first kappa shape index (κ1) is 18.3. The highest BCUT2D eigenvalue weighted by atomic mass is 35.5. The van der Waals surface area contributed by atoms with Gasteiger partial charge in [0, 0.05) is 10.6 Å². The number of amides is 1. The van der Waals surface area contributed by atoms with Gasteiger partial charge < -0.3 is 15.3 Å². The van der Waals surface area contributed by atoms with Gasteiger partial charge in [-0.1, -0.05) is 47.1 Å². The standard InChI is InChI=1S/C17H16ClN3O4/c18-14-6-8-15(9-7-14)23-12-25-20-10-11-24-21-16(17(19)22)13-4-2-1-3-5-13/h1-11,20H,12H2,(H2,19,22)/b11-10+,21-16-. The van der Waals surface area contributed by atoms with Crippen LogP contribution in [0.4, 0.5) is 0 Å². The first-order valence-electron chi connectivity index (χ1n) is 7.16. The maximum Gasteiger partial charge on any atom is 0.271 e. The van der Waals surface area contributed by atoms with Crippen LogP contribution in [-0.4, -0.2) is 18.4 Å². The van der Waals surface area contributed by atoms with Crippen molar-refractivity contribution < 1.29 is 19.2 Å². The van der Waals surface area contributed by atoms with Crippen molar-refractivity contribution in [3.8, 4) is 5.75 Å². The van der Waals surface area contributed by atoms with Gasteiger partial charge in [-0.3, -0.25) is 10.3 Å². The summed E-state index contributed by atoms with van der Waals surface area (Å²) < 4.78 is 5.29. The molecule has 7 nitrogen and oxygen atoms in total. The highest BCUT2D eigenvalue weighted by Crippen LogP contribution is 2.15. The first-order valence-corrected chi connectivity index (χ1v) is 7.54. The van der Waals surface area contributed by atoms with E-state index in [1.807, 2.05) is 6.07 Å². The molecule has 0 aliphatic rings. The second-order valence-electron chi connectivity index (χ2n) is 4.56. The molecule has 3 N–H and O–H groups in total. The normalized spacial score (nSPS) is 11.3. The molecule has 2 rings (SSSR count). The summed E-state index contributed by atoms with van der Waals surface area (Å²) >= 11 is 5.76. The number of ether oxygens (including phenoxy) is 1. The lowest BCUT2D eigenvalue weighted by Crippen LogP contribution is -2.24. The highest BCUT2D eigenvalue weighted by Gasteiger charge is 2.10. The van der Waals surface area contributed by atoms with Crippen LogP contribution in [0.15, 0.2) is 72.2 Å². The van der Waals surface area contributed by atoms with Crippen LogP contribution in [0.5, 0.6) is 5.75 Å². The third kappa shape index (κ3) is 6.54. The van der Waals surface area contributed by atoms with Gasteiger partial charge in [-0.2, -0.15) is 0 Å². The van der Waals surface area contributed by atoms with Crippen molar-refractivity contribution in [1.29, 1.82) is 0 Å². The Balaban J connectivity index is 1.71. The molecule has 0 unspecified atom stereocenters. The minimum Gasteiger partial charge on any atom is -0.465 e. The van der Waals surface area contributed by atoms with Gasteiger partial charge in [-0.15, -0.1) is 0 Å². The molecule has 8 heteroatoms. The molecule has 130 valence electrons. The zero-order valence-corrected chi connectivity index (χ0v) is 13.8. The number of halogens is 1. The Morgan fingerprint density at radius 2 is 1.88 bits per heavy atom. The molecule has 0 radical (unpaired) electrons. The molecule has 1 amide bonds. The molecule has 0 aromatic heterocycles. The summed E-state index contributed by atoms with van der Waals surface area (Å²) in [5.41, 5.74) is 8.31. The number of hydrogen-bond donors (Lipinski definition) is 2. The maximum absolute atomic E-state index is 11.4. The number of oxime groups is 1. The van der Waals surface area contributed by atoms with Crippen LogP contribution >= 0.6 is 11.6 Å². The van der Waals surface area contributed by atoms with E-state index >= 15 is 0 Å². The fourth-order valence-corrected chi connectivity index (χ4v) is 1.81. The monoisotopic (exact) mass is 361 g/mol. The molecule has 0 aliphatic carbocycles. The smallest absolute Gasteiger partial charge is 0.271 e. The van der Waals surface area contributed by atoms with Crippen LogP contribution in [0, 0.1) is 0 Å². The minimum absolute atomic E-state index is 0.0113. The molecule has 0 spiro atoms. The Morgan fingerprint density at radius 1 is 1.16 bits per heavy atom. The number of nitrogens with two attached hydrogens (primary N) is 1. The fourth-order valence-electron chi connectivity index (χ4n) is 1.69. The van der Waals surface area contributed by atoms with Crippen LogP contribution in [0.25, 0.3) is 0 Å². The molecule has 0 aliphatic heterocycles. The molecule has 2 aromatic rings. The summed E-state index contributed by atoms with van der Waals surface area (Å²) in [6.07, 6.45) is 2.52. The number of carbonyl (C=O) groups is 1. The third-order valence-electron chi connectivity index (χ3n) is 2.80. The van der Waals surface area contributed by atoms with E-state index in [1.165, 1.54) is 12.5 Å². The van der Waals surface area contributed by atoms with E-state index in [9.17, 15) is 4.79 Å². The van der Waals surface area contributed by atoms with Gasteiger partial charge in [0.15, 0.2) is 5.71 Å². The Morgan fingerprint density at radius 3 is 2.56 bits per heavy atom. The average Bonchev–Trinajstić information content (AvgIpc) is 2.62. The summed E-state index contributed by atoms with van der Waals surface area (Å²) in [4.78, 5) is 21.3. The molecule has 0 bridgehead atoms. The van der Waals surface area contributed by atoms with Gasteiger partial charge in [0.2, 0.25) is 6.79 Å². The Hall–Kier alpha value is -3.03. The number of nitrogens with zero attached hydrogens (tertiary/aromatic N) is 1. The molecule has 0 fully saturated rings. The maximum atomic E-state index is 11.4. The predicted octanol–water partition coefficient (Wildman–Crippen LogP) is 2.57. The highest BCUT2D eigenvalue weighted by molar-refractivity contribution is 6.44. The van der Waals surface area contributed by atoms with Gasteiger partial charge in [0.1, 0.15) is 12.0 Å². The lowest BCUT2D eigenvalue weighted by Gasteiger charge is -2.05. The fraction of sp³-hybridized carbons (Fsp3) is 0.0588. The number of hydroxylamine groups is 1. The number of nitrogens with one attached hydrogen (secondary N) is 1. The number of hydrogen-bond acceptors (Lipinski definition) is 6. The largest absolute Gasteiger partial charge is 0.465 e. The minimum atomic E-state index is -0.694. The van der Waals surface area contributed by atoms with Crippen LogP contribution in [0.2, 0.25) is 5.02 Å². The number of rotatable bonds is 9. The lowest BCUT2D eigenvalue weighted by atomic mass is 10.1. The molecule has 2 aromatic carbocycles. The molecule has 0 atom stereocenters. The van der Waals surface area contributed by atoms with Crippen molar-refractivity contribution in [2.24, 2.45) is 10.9 Å². The van der Waals surface area contributed by atoms with Crippen LogP contribution in [-0.2, 0) is 14.5 Å². The van der Waals surface area contributed by atoms with E-state index in [0.29, 0.717) is 16.3 Å². The number of benzene rings is 2. The van der Waals surface area contributed by atoms with Gasteiger partial charge in [0.25, 0.3) is 5.91 Å². The summed E-state index contributed by atoms with van der Waals surface area (Å²) in [6.45, 7) is -0.0359. The zero-order valence-electron chi connectivity index (χ0n) is 13.1. The molecule has 0 saturated carbocycles. The molecular formula is C17H16ClN3O4. The van der Waals surface area contributed by atoms with Crippen molar-refractivity contribution in [2.45, 2.75) is 0 Å². The topological polar surface area (TPSA) is 95.2 Å². The zero-order chi connectivity index (χ0) is 17.9. The summed E-state index contributed by atoms with van der Waals surface area (Å²) in [5, 5.41) is 4.31. The van der Waals surface area contributed by atoms with Gasteiger partial charge in [-0.25, -0.2) is 4.84 Å². The van der Waals surface area contributed by atoms with E-state index < -0.39 is 5.91 Å². The summed E-state index contributed by atoms with van der Waals surface area (Å²) in [7, 11) is 0. The van der Waals surface area contributed by atoms with Crippen molar-refractivity contribution >= 4 is 23.2 Å². The van der Waals surface area contributed by atoms with Crippen molar-refractivity contribution in [3.05, 3.63) is 77.6 Å². The summed E-state index contributed by atoms with van der Waals surface area (Å²) in [6, 6.07) is 15.6.